The molecule has 0 unspecified atom stereocenters. The van der Waals surface area contributed by atoms with Crippen molar-refractivity contribution in [2.45, 2.75) is 25.2 Å². The van der Waals surface area contributed by atoms with Crippen molar-refractivity contribution in [3.05, 3.63) is 70.5 Å². The van der Waals surface area contributed by atoms with E-state index in [1.807, 2.05) is 6.07 Å². The van der Waals surface area contributed by atoms with Crippen LogP contribution in [0.2, 0.25) is 0 Å². The van der Waals surface area contributed by atoms with Gasteiger partial charge in [-0.2, -0.15) is 0 Å². The van der Waals surface area contributed by atoms with Crippen LogP contribution in [0.3, 0.4) is 0 Å². The Bertz CT molecular complexity index is 641. The Hall–Kier alpha value is -1.71. The van der Waals surface area contributed by atoms with Crippen molar-refractivity contribution in [3.63, 3.8) is 0 Å². The van der Waals surface area contributed by atoms with E-state index in [4.69, 9.17) is 5.11 Å². The molecular formula is C19H22FNO. The van der Waals surface area contributed by atoms with E-state index in [0.717, 1.165) is 31.4 Å². The number of rotatable bonds is 5. The Kier molecular flexibility index (Phi) is 4.86. The van der Waals surface area contributed by atoms with Gasteiger partial charge in [-0.25, -0.2) is 4.39 Å². The van der Waals surface area contributed by atoms with Crippen LogP contribution in [0.5, 0.6) is 0 Å². The fourth-order valence-corrected chi connectivity index (χ4v) is 3.37. The van der Waals surface area contributed by atoms with Crippen LogP contribution in [0.15, 0.2) is 42.5 Å². The minimum atomic E-state index is -0.151. The Morgan fingerprint density at radius 3 is 2.77 bits per heavy atom. The minimum Gasteiger partial charge on any atom is -0.395 e. The second kappa shape index (κ2) is 7.03. The summed E-state index contributed by atoms with van der Waals surface area (Å²) in [6.45, 7) is 1.65. The molecule has 0 bridgehead atoms. The van der Waals surface area contributed by atoms with Crippen LogP contribution in [-0.4, -0.2) is 24.8 Å². The van der Waals surface area contributed by atoms with Gasteiger partial charge in [0.15, 0.2) is 0 Å². The molecule has 0 heterocycles. The van der Waals surface area contributed by atoms with Gasteiger partial charge in [-0.15, -0.1) is 0 Å². The summed E-state index contributed by atoms with van der Waals surface area (Å²) in [5.41, 5.74) is 5.09. The van der Waals surface area contributed by atoms with Crippen molar-refractivity contribution in [1.29, 1.82) is 0 Å². The summed E-state index contributed by atoms with van der Waals surface area (Å²) in [5, 5.41) is 12.1. The number of hydrogen-bond donors (Lipinski definition) is 2. The lowest BCUT2D eigenvalue weighted by Crippen LogP contribution is -2.21. The van der Waals surface area contributed by atoms with Crippen molar-refractivity contribution in [2.75, 3.05) is 19.7 Å². The molecule has 0 saturated heterocycles. The SMILES string of the molecule is OCCNCC[C@H]1Cc2cc(F)ccc2Cc2ccccc21. The summed E-state index contributed by atoms with van der Waals surface area (Å²) in [6.07, 6.45) is 2.75. The van der Waals surface area contributed by atoms with E-state index < -0.39 is 0 Å². The fraction of sp³-hybridized carbons (Fsp3) is 0.368. The molecule has 2 nitrogen and oxygen atoms in total. The van der Waals surface area contributed by atoms with Gasteiger partial charge >= 0.3 is 0 Å². The highest BCUT2D eigenvalue weighted by Crippen LogP contribution is 2.34. The molecule has 0 amide bonds. The number of aliphatic hydroxyl groups is 1. The first kappa shape index (κ1) is 15.2. The minimum absolute atomic E-state index is 0.151. The number of nitrogens with one attached hydrogen (secondary N) is 1. The third kappa shape index (κ3) is 3.37. The molecule has 116 valence electrons. The van der Waals surface area contributed by atoms with Crippen LogP contribution in [0.1, 0.15) is 34.6 Å². The molecule has 3 rings (SSSR count). The second-order valence-corrected chi connectivity index (χ2v) is 5.95. The van der Waals surface area contributed by atoms with Crippen LogP contribution in [0.4, 0.5) is 4.39 Å². The predicted octanol–water partition coefficient (Wildman–Crippen LogP) is 3.03. The maximum atomic E-state index is 13.6. The molecule has 2 aromatic carbocycles. The average molecular weight is 299 g/mol. The van der Waals surface area contributed by atoms with Gasteiger partial charge in [-0.05, 0) is 66.1 Å². The molecule has 0 fully saturated rings. The van der Waals surface area contributed by atoms with Gasteiger partial charge in [-0.3, -0.25) is 0 Å². The molecule has 2 aromatic rings. The van der Waals surface area contributed by atoms with Crippen LogP contribution in [0.25, 0.3) is 0 Å². The lowest BCUT2D eigenvalue weighted by Gasteiger charge is -2.18. The Balaban J connectivity index is 1.87. The summed E-state index contributed by atoms with van der Waals surface area (Å²) < 4.78 is 13.6. The summed E-state index contributed by atoms with van der Waals surface area (Å²) in [6, 6.07) is 13.7. The highest BCUT2D eigenvalue weighted by molar-refractivity contribution is 5.42. The van der Waals surface area contributed by atoms with Crippen LogP contribution >= 0.6 is 0 Å². The molecule has 2 N–H and O–H groups in total. The van der Waals surface area contributed by atoms with Gasteiger partial charge in [0.25, 0.3) is 0 Å². The highest BCUT2D eigenvalue weighted by Gasteiger charge is 2.21. The van der Waals surface area contributed by atoms with E-state index in [9.17, 15) is 4.39 Å². The van der Waals surface area contributed by atoms with Crippen molar-refractivity contribution in [3.8, 4) is 0 Å². The highest BCUT2D eigenvalue weighted by atomic mass is 19.1. The van der Waals surface area contributed by atoms with E-state index in [-0.39, 0.29) is 12.4 Å². The smallest absolute Gasteiger partial charge is 0.123 e. The van der Waals surface area contributed by atoms with Gasteiger partial charge in [0.2, 0.25) is 0 Å². The van der Waals surface area contributed by atoms with Gasteiger partial charge in [-0.1, -0.05) is 30.3 Å². The number of halogens is 1. The lowest BCUT2D eigenvalue weighted by molar-refractivity contribution is 0.291. The van der Waals surface area contributed by atoms with E-state index in [2.05, 4.69) is 29.6 Å². The van der Waals surface area contributed by atoms with Crippen molar-refractivity contribution >= 4 is 0 Å². The molecule has 22 heavy (non-hydrogen) atoms. The van der Waals surface area contributed by atoms with Gasteiger partial charge in [0, 0.05) is 6.54 Å². The zero-order chi connectivity index (χ0) is 15.4. The molecule has 0 radical (unpaired) electrons. The average Bonchev–Trinajstić information content (AvgIpc) is 2.68. The summed E-state index contributed by atoms with van der Waals surface area (Å²) in [5.74, 6) is 0.243. The third-order valence-electron chi connectivity index (χ3n) is 4.47. The summed E-state index contributed by atoms with van der Waals surface area (Å²) in [4.78, 5) is 0. The number of aliphatic hydroxyl groups excluding tert-OH is 1. The quantitative estimate of drug-likeness (QED) is 0.832. The van der Waals surface area contributed by atoms with Crippen molar-refractivity contribution in [2.24, 2.45) is 0 Å². The maximum absolute atomic E-state index is 13.6. The first-order valence-electron chi connectivity index (χ1n) is 7.94. The van der Waals surface area contributed by atoms with Gasteiger partial charge in [0.05, 0.1) is 6.61 Å². The van der Waals surface area contributed by atoms with Crippen LogP contribution in [-0.2, 0) is 12.8 Å². The molecule has 1 aliphatic carbocycles. The zero-order valence-electron chi connectivity index (χ0n) is 12.7. The first-order chi connectivity index (χ1) is 10.8. The molecule has 1 aliphatic rings. The number of fused-ring (bicyclic) bond motifs is 2. The number of benzene rings is 2. The number of hydrogen-bond acceptors (Lipinski definition) is 2. The normalized spacial score (nSPS) is 16.7. The Labute approximate surface area is 131 Å². The molecule has 0 aliphatic heterocycles. The maximum Gasteiger partial charge on any atom is 0.123 e. The Morgan fingerprint density at radius 2 is 1.91 bits per heavy atom. The molecular weight excluding hydrogens is 277 g/mol. The monoisotopic (exact) mass is 299 g/mol. The van der Waals surface area contributed by atoms with E-state index >= 15 is 0 Å². The molecule has 3 heteroatoms. The van der Waals surface area contributed by atoms with Crippen LogP contribution in [0, 0.1) is 5.82 Å². The third-order valence-corrected chi connectivity index (χ3v) is 4.47. The van der Waals surface area contributed by atoms with E-state index in [1.54, 1.807) is 12.1 Å². The van der Waals surface area contributed by atoms with Gasteiger partial charge < -0.3 is 10.4 Å². The van der Waals surface area contributed by atoms with E-state index in [0.29, 0.717) is 12.5 Å². The predicted molar refractivity (Wildman–Crippen MR) is 86.7 cm³/mol. The largest absolute Gasteiger partial charge is 0.395 e. The van der Waals surface area contributed by atoms with Crippen molar-refractivity contribution < 1.29 is 9.50 Å². The molecule has 0 saturated carbocycles. The van der Waals surface area contributed by atoms with Gasteiger partial charge in [0.1, 0.15) is 5.82 Å². The topological polar surface area (TPSA) is 32.3 Å². The zero-order valence-corrected chi connectivity index (χ0v) is 12.7. The molecule has 0 aromatic heterocycles. The fourth-order valence-electron chi connectivity index (χ4n) is 3.37. The van der Waals surface area contributed by atoms with Crippen LogP contribution < -0.4 is 5.32 Å². The van der Waals surface area contributed by atoms with E-state index in [1.165, 1.54) is 16.7 Å². The standard InChI is InChI=1S/C19H22FNO/c20-18-6-5-14-11-15-3-1-2-4-19(15)16(12-17(14)13-18)7-8-21-9-10-22/h1-6,13,16,21-22H,7-12H2/t16-/m0/s1. The molecule has 1 atom stereocenters. The summed E-state index contributed by atoms with van der Waals surface area (Å²) in [7, 11) is 0. The Morgan fingerprint density at radius 1 is 1.05 bits per heavy atom. The molecule has 0 spiro atoms. The summed E-state index contributed by atoms with van der Waals surface area (Å²) >= 11 is 0. The lowest BCUT2D eigenvalue weighted by atomic mass is 9.89. The first-order valence-corrected chi connectivity index (χ1v) is 7.94. The second-order valence-electron chi connectivity index (χ2n) is 5.95. The van der Waals surface area contributed by atoms with Crippen molar-refractivity contribution in [1.82, 2.24) is 5.32 Å².